The first kappa shape index (κ1) is 22.2. The van der Waals surface area contributed by atoms with Crippen LogP contribution in [0.4, 0.5) is 5.69 Å². The summed E-state index contributed by atoms with van der Waals surface area (Å²) in [6, 6.07) is 22.8. The van der Waals surface area contributed by atoms with Gasteiger partial charge in [0.15, 0.2) is 0 Å². The Morgan fingerprint density at radius 1 is 0.903 bits per heavy atom. The van der Waals surface area contributed by atoms with Crippen LogP contribution in [0.5, 0.6) is 0 Å². The number of nitrogens with one attached hydrogen (secondary N) is 1. The van der Waals surface area contributed by atoms with E-state index in [9.17, 15) is 13.2 Å². The molecule has 0 heterocycles. The second kappa shape index (κ2) is 9.57. The van der Waals surface area contributed by atoms with E-state index < -0.39 is 22.5 Å². The molecule has 3 aromatic rings. The normalized spacial score (nSPS) is 11.8. The molecule has 0 fully saturated rings. The number of anilines is 1. The van der Waals surface area contributed by atoms with Gasteiger partial charge in [0.1, 0.15) is 6.54 Å². The van der Waals surface area contributed by atoms with Crippen LogP contribution >= 0.6 is 0 Å². The van der Waals surface area contributed by atoms with Gasteiger partial charge in [0.2, 0.25) is 0 Å². The zero-order chi connectivity index (χ0) is 22.4. The van der Waals surface area contributed by atoms with Crippen molar-refractivity contribution in [2.45, 2.75) is 25.7 Å². The molecule has 0 unspecified atom stereocenters. The Labute approximate surface area is 183 Å². The maximum atomic E-state index is 13.3. The summed E-state index contributed by atoms with van der Waals surface area (Å²) in [5, 5.41) is 4.14. The molecule has 31 heavy (non-hydrogen) atoms. The van der Waals surface area contributed by atoms with Crippen molar-refractivity contribution in [3.63, 3.8) is 0 Å². The van der Waals surface area contributed by atoms with Gasteiger partial charge in [-0.05, 0) is 56.2 Å². The Bertz CT molecular complexity index is 1190. The number of hydrogen-bond donors (Lipinski definition) is 1. The fraction of sp³-hybridized carbons (Fsp3) is 0.167. The van der Waals surface area contributed by atoms with Crippen molar-refractivity contribution in [2.24, 2.45) is 5.10 Å². The largest absolute Gasteiger partial charge is 0.271 e. The third-order valence-corrected chi connectivity index (χ3v) is 6.51. The lowest BCUT2D eigenvalue weighted by molar-refractivity contribution is -0.119. The summed E-state index contributed by atoms with van der Waals surface area (Å²) < 4.78 is 27.7. The molecule has 1 N–H and O–H groups in total. The van der Waals surface area contributed by atoms with E-state index in [1.807, 2.05) is 44.2 Å². The number of amides is 1. The predicted molar refractivity (Wildman–Crippen MR) is 124 cm³/mol. The molecule has 0 aliphatic carbocycles. The molecule has 7 heteroatoms. The second-order valence-electron chi connectivity index (χ2n) is 7.26. The van der Waals surface area contributed by atoms with Crippen LogP contribution in [0.15, 0.2) is 88.9 Å². The Morgan fingerprint density at radius 2 is 1.58 bits per heavy atom. The smallest absolute Gasteiger partial charge is 0.264 e. The lowest BCUT2D eigenvalue weighted by Gasteiger charge is -2.24. The molecule has 0 atom stereocenters. The summed E-state index contributed by atoms with van der Waals surface area (Å²) >= 11 is 0. The minimum absolute atomic E-state index is 0.114. The number of nitrogens with zero attached hydrogens (tertiary/aromatic N) is 2. The minimum Gasteiger partial charge on any atom is -0.271 e. The van der Waals surface area contributed by atoms with E-state index in [-0.39, 0.29) is 4.90 Å². The van der Waals surface area contributed by atoms with Gasteiger partial charge in [-0.25, -0.2) is 13.8 Å². The molecule has 0 saturated heterocycles. The summed E-state index contributed by atoms with van der Waals surface area (Å²) in [7, 11) is -3.94. The molecule has 0 aliphatic rings. The highest BCUT2D eigenvalue weighted by atomic mass is 32.2. The predicted octanol–water partition coefficient (Wildman–Crippen LogP) is 4.04. The highest BCUT2D eigenvalue weighted by molar-refractivity contribution is 7.92. The summed E-state index contributed by atoms with van der Waals surface area (Å²) in [6.45, 7) is 5.24. The fourth-order valence-corrected chi connectivity index (χ4v) is 4.42. The Morgan fingerprint density at radius 3 is 2.23 bits per heavy atom. The zero-order valence-corrected chi connectivity index (χ0v) is 18.6. The standard InChI is InChI=1S/C24H25N3O3S/c1-18-12-14-21(15-13-18)20(3)25-26-24(28)17-27(22-9-7-8-19(2)16-22)31(29,30)23-10-5-4-6-11-23/h4-16H,17H2,1-3H3,(H,26,28)/b25-20-. The van der Waals surface area contributed by atoms with E-state index in [1.165, 1.54) is 12.1 Å². The van der Waals surface area contributed by atoms with Crippen molar-refractivity contribution < 1.29 is 13.2 Å². The van der Waals surface area contributed by atoms with Crippen molar-refractivity contribution in [3.05, 3.63) is 95.6 Å². The van der Waals surface area contributed by atoms with Crippen molar-refractivity contribution in [3.8, 4) is 0 Å². The van der Waals surface area contributed by atoms with Crippen LogP contribution in [0.3, 0.4) is 0 Å². The molecule has 0 radical (unpaired) electrons. The SMILES string of the molecule is C/C(=N/NC(=O)CN(c1cccc(C)c1)S(=O)(=O)c1ccccc1)c1ccc(C)cc1. The van der Waals surface area contributed by atoms with Crippen LogP contribution in [-0.2, 0) is 14.8 Å². The average molecular weight is 436 g/mol. The minimum atomic E-state index is -3.94. The molecule has 3 aromatic carbocycles. The Kier molecular flexibility index (Phi) is 6.87. The maximum absolute atomic E-state index is 13.3. The molecule has 0 aliphatic heterocycles. The molecule has 0 bridgehead atoms. The average Bonchev–Trinajstić information content (AvgIpc) is 2.76. The Hall–Kier alpha value is -3.45. The third kappa shape index (κ3) is 5.58. The van der Waals surface area contributed by atoms with E-state index in [0.717, 1.165) is 21.0 Å². The number of rotatable bonds is 7. The number of aryl methyl sites for hydroxylation is 2. The first-order valence-electron chi connectivity index (χ1n) is 9.82. The van der Waals surface area contributed by atoms with E-state index >= 15 is 0 Å². The summed E-state index contributed by atoms with van der Waals surface area (Å²) in [5.41, 5.74) is 6.41. The van der Waals surface area contributed by atoms with Gasteiger partial charge in [-0.2, -0.15) is 5.10 Å². The maximum Gasteiger partial charge on any atom is 0.264 e. The number of carbonyl (C=O) groups excluding carboxylic acids is 1. The quantitative estimate of drug-likeness (QED) is 0.449. The molecule has 160 valence electrons. The molecule has 3 rings (SSSR count). The van der Waals surface area contributed by atoms with Crippen molar-refractivity contribution in [2.75, 3.05) is 10.8 Å². The van der Waals surface area contributed by atoms with Gasteiger partial charge in [0.05, 0.1) is 16.3 Å². The molecule has 1 amide bonds. The molecular weight excluding hydrogens is 410 g/mol. The van der Waals surface area contributed by atoms with E-state index in [1.54, 1.807) is 43.3 Å². The van der Waals surface area contributed by atoms with E-state index in [0.29, 0.717) is 11.4 Å². The number of hydrogen-bond acceptors (Lipinski definition) is 4. The summed E-state index contributed by atoms with van der Waals surface area (Å²) in [4.78, 5) is 12.8. The molecule has 0 aromatic heterocycles. The van der Waals surface area contributed by atoms with Gasteiger partial charge in [-0.15, -0.1) is 0 Å². The number of hydrazone groups is 1. The van der Waals surface area contributed by atoms with E-state index in [4.69, 9.17) is 0 Å². The molecule has 0 spiro atoms. The highest BCUT2D eigenvalue weighted by Crippen LogP contribution is 2.24. The second-order valence-corrected chi connectivity index (χ2v) is 9.12. The molecule has 0 saturated carbocycles. The van der Waals surface area contributed by atoms with Gasteiger partial charge in [0.25, 0.3) is 15.9 Å². The van der Waals surface area contributed by atoms with Crippen LogP contribution in [0.1, 0.15) is 23.6 Å². The summed E-state index contributed by atoms with van der Waals surface area (Å²) in [6.07, 6.45) is 0. The monoisotopic (exact) mass is 435 g/mol. The first-order chi connectivity index (χ1) is 14.8. The first-order valence-corrected chi connectivity index (χ1v) is 11.3. The lowest BCUT2D eigenvalue weighted by atomic mass is 10.1. The zero-order valence-electron chi connectivity index (χ0n) is 17.7. The lowest BCUT2D eigenvalue weighted by Crippen LogP contribution is -2.39. The van der Waals surface area contributed by atoms with Gasteiger partial charge in [-0.1, -0.05) is 60.2 Å². The van der Waals surface area contributed by atoms with Gasteiger partial charge >= 0.3 is 0 Å². The molecular formula is C24H25N3O3S. The number of carbonyl (C=O) groups is 1. The van der Waals surface area contributed by atoms with Gasteiger partial charge in [-0.3, -0.25) is 9.10 Å². The van der Waals surface area contributed by atoms with Crippen molar-refractivity contribution in [1.29, 1.82) is 0 Å². The van der Waals surface area contributed by atoms with Crippen LogP contribution in [0.25, 0.3) is 0 Å². The van der Waals surface area contributed by atoms with Crippen LogP contribution < -0.4 is 9.73 Å². The summed E-state index contributed by atoms with van der Waals surface area (Å²) in [5.74, 6) is -0.535. The number of benzene rings is 3. The topological polar surface area (TPSA) is 78.8 Å². The third-order valence-electron chi connectivity index (χ3n) is 4.73. The highest BCUT2D eigenvalue weighted by Gasteiger charge is 2.27. The van der Waals surface area contributed by atoms with Crippen LogP contribution in [0, 0.1) is 13.8 Å². The van der Waals surface area contributed by atoms with Gasteiger partial charge < -0.3 is 0 Å². The van der Waals surface area contributed by atoms with Crippen molar-refractivity contribution in [1.82, 2.24) is 5.43 Å². The molecule has 6 nitrogen and oxygen atoms in total. The van der Waals surface area contributed by atoms with Crippen LogP contribution in [0.2, 0.25) is 0 Å². The Balaban J connectivity index is 1.86. The van der Waals surface area contributed by atoms with Gasteiger partial charge in [0, 0.05) is 0 Å². The fourth-order valence-electron chi connectivity index (χ4n) is 2.99. The number of sulfonamides is 1. The van der Waals surface area contributed by atoms with E-state index in [2.05, 4.69) is 10.5 Å². The van der Waals surface area contributed by atoms with Crippen LogP contribution in [-0.4, -0.2) is 26.6 Å². The van der Waals surface area contributed by atoms with Crippen molar-refractivity contribution >= 4 is 27.3 Å².